The van der Waals surface area contributed by atoms with Crippen molar-refractivity contribution in [1.82, 2.24) is 4.90 Å². The second-order valence-corrected chi connectivity index (χ2v) is 14.7. The van der Waals surface area contributed by atoms with E-state index >= 15 is 0 Å². The van der Waals surface area contributed by atoms with Crippen LogP contribution in [0.3, 0.4) is 0 Å². The predicted molar refractivity (Wildman–Crippen MR) is 177 cm³/mol. The second kappa shape index (κ2) is 12.8. The monoisotopic (exact) mass is 711 g/mol. The SMILES string of the molecule is COCCCN1C2=C(C(=O)CC(C)(C)C2)C(c2cc(Br)c(Oc3ccc([N+](=O)[O-])cc3[N+](=O)[O-])c(OC)c2)C2=C1CC(C)(C)CC2=O. The molecule has 13 heteroatoms. The van der Waals surface area contributed by atoms with Crippen molar-refractivity contribution >= 4 is 38.9 Å². The van der Waals surface area contributed by atoms with Crippen molar-refractivity contribution in [2.45, 2.75) is 65.7 Å². The minimum atomic E-state index is -0.758. The lowest BCUT2D eigenvalue weighted by Crippen LogP contribution is -2.44. The number of nitro benzene ring substituents is 2. The Bertz CT molecular complexity index is 1690. The molecule has 1 heterocycles. The van der Waals surface area contributed by atoms with E-state index in [-0.39, 0.29) is 39.6 Å². The molecule has 0 unspecified atom stereocenters. The first-order valence-corrected chi connectivity index (χ1v) is 16.1. The summed E-state index contributed by atoms with van der Waals surface area (Å²) in [4.78, 5) is 52.0. The third-order valence-corrected chi connectivity index (χ3v) is 9.49. The van der Waals surface area contributed by atoms with Gasteiger partial charge in [-0.1, -0.05) is 27.7 Å². The molecule has 0 N–H and O–H groups in total. The molecule has 0 atom stereocenters. The van der Waals surface area contributed by atoms with Gasteiger partial charge in [0.25, 0.3) is 5.69 Å². The highest BCUT2D eigenvalue weighted by Crippen LogP contribution is 2.56. The topological polar surface area (TPSA) is 151 Å². The Kier molecular flexibility index (Phi) is 9.35. The summed E-state index contributed by atoms with van der Waals surface area (Å²) in [7, 11) is 3.07. The largest absolute Gasteiger partial charge is 0.493 e. The number of hydrogen-bond acceptors (Lipinski definition) is 10. The zero-order valence-corrected chi connectivity index (χ0v) is 28.9. The maximum absolute atomic E-state index is 14.1. The summed E-state index contributed by atoms with van der Waals surface area (Å²) in [6.07, 6.45) is 2.70. The van der Waals surface area contributed by atoms with Crippen molar-refractivity contribution < 1.29 is 33.6 Å². The summed E-state index contributed by atoms with van der Waals surface area (Å²) in [6, 6.07) is 6.55. The zero-order chi connectivity index (χ0) is 34.4. The molecule has 12 nitrogen and oxygen atoms in total. The molecule has 0 bridgehead atoms. The Labute approximate surface area is 281 Å². The van der Waals surface area contributed by atoms with Crippen LogP contribution in [0.4, 0.5) is 11.4 Å². The minimum absolute atomic E-state index is 0.0147. The smallest absolute Gasteiger partial charge is 0.318 e. The van der Waals surface area contributed by atoms with E-state index in [2.05, 4.69) is 48.5 Å². The van der Waals surface area contributed by atoms with Crippen molar-refractivity contribution in [2.24, 2.45) is 10.8 Å². The number of benzene rings is 2. The first-order valence-electron chi connectivity index (χ1n) is 15.3. The highest BCUT2D eigenvalue weighted by atomic mass is 79.9. The van der Waals surface area contributed by atoms with Crippen LogP contribution in [0.25, 0.3) is 0 Å². The van der Waals surface area contributed by atoms with E-state index in [0.29, 0.717) is 60.0 Å². The number of halogens is 1. The van der Waals surface area contributed by atoms with E-state index in [9.17, 15) is 29.8 Å². The molecule has 0 saturated heterocycles. The number of allylic oxidation sites excluding steroid dienone is 4. The standard InChI is InChI=1S/C34H38BrN3O9/c1-33(2)15-23-30(25(39)17-33)29(31-24(36(23)10-7-11-45-5)16-34(3,4)18-26(31)40)19-12-21(35)32(28(13-19)46-6)47-27-9-8-20(37(41)42)14-22(27)38(43)44/h8-9,12-14,29H,7,10-11,15-18H2,1-6H3. The number of ether oxygens (including phenoxy) is 3. The lowest BCUT2D eigenvalue weighted by atomic mass is 9.63. The fourth-order valence-electron chi connectivity index (χ4n) is 6.98. The molecular weight excluding hydrogens is 674 g/mol. The molecule has 3 aliphatic rings. The lowest BCUT2D eigenvalue weighted by molar-refractivity contribution is -0.394. The van der Waals surface area contributed by atoms with Crippen LogP contribution in [0.5, 0.6) is 17.2 Å². The van der Waals surface area contributed by atoms with E-state index in [4.69, 9.17) is 14.2 Å². The Balaban J connectivity index is 1.69. The molecular formula is C34H38BrN3O9. The summed E-state index contributed by atoms with van der Waals surface area (Å²) in [5.41, 5.74) is 2.09. The number of methoxy groups -OCH3 is 2. The predicted octanol–water partition coefficient (Wildman–Crippen LogP) is 7.79. The fourth-order valence-corrected chi connectivity index (χ4v) is 7.52. The van der Waals surface area contributed by atoms with Crippen molar-refractivity contribution in [2.75, 3.05) is 27.4 Å². The number of ketones is 2. The number of Topliss-reactive ketones (excluding diaryl/α,β-unsaturated/α-hetero) is 2. The van der Waals surface area contributed by atoms with E-state index in [1.54, 1.807) is 19.2 Å². The van der Waals surface area contributed by atoms with E-state index < -0.39 is 27.1 Å². The first kappa shape index (κ1) is 34.2. The van der Waals surface area contributed by atoms with Crippen LogP contribution in [0.2, 0.25) is 0 Å². The average Bonchev–Trinajstić information content (AvgIpc) is 2.97. The molecule has 2 aromatic rings. The van der Waals surface area contributed by atoms with Crippen LogP contribution in [-0.2, 0) is 14.3 Å². The van der Waals surface area contributed by atoms with Gasteiger partial charge in [-0.15, -0.1) is 0 Å². The molecule has 1 aliphatic heterocycles. The molecule has 250 valence electrons. The van der Waals surface area contributed by atoms with Gasteiger partial charge in [-0.2, -0.15) is 0 Å². The molecule has 47 heavy (non-hydrogen) atoms. The van der Waals surface area contributed by atoms with Crippen LogP contribution < -0.4 is 9.47 Å². The van der Waals surface area contributed by atoms with Crippen LogP contribution >= 0.6 is 15.9 Å². The van der Waals surface area contributed by atoms with E-state index in [1.165, 1.54) is 7.11 Å². The number of carbonyl (C=O) groups excluding carboxylic acids is 2. The highest BCUT2D eigenvalue weighted by Gasteiger charge is 2.49. The third kappa shape index (κ3) is 6.68. The van der Waals surface area contributed by atoms with Gasteiger partial charge in [-0.05, 0) is 69.8 Å². The Hall–Kier alpha value is -4.10. The average molecular weight is 713 g/mol. The van der Waals surface area contributed by atoms with Crippen molar-refractivity contribution in [3.63, 3.8) is 0 Å². The Morgan fingerprint density at radius 1 is 0.872 bits per heavy atom. The molecule has 0 amide bonds. The van der Waals surface area contributed by atoms with Gasteiger partial charge in [0.2, 0.25) is 5.75 Å². The summed E-state index contributed by atoms with van der Waals surface area (Å²) < 4.78 is 17.4. The molecule has 0 radical (unpaired) electrons. The third-order valence-electron chi connectivity index (χ3n) is 8.90. The molecule has 0 spiro atoms. The van der Waals surface area contributed by atoms with Crippen molar-refractivity contribution in [1.29, 1.82) is 0 Å². The summed E-state index contributed by atoms with van der Waals surface area (Å²) in [5.74, 6) is -0.611. The van der Waals surface area contributed by atoms with Crippen LogP contribution in [0.15, 0.2) is 57.3 Å². The van der Waals surface area contributed by atoms with Gasteiger partial charge in [-0.3, -0.25) is 29.8 Å². The maximum atomic E-state index is 14.1. The number of carbonyl (C=O) groups is 2. The number of non-ortho nitro benzene ring substituents is 1. The summed E-state index contributed by atoms with van der Waals surface area (Å²) in [5, 5.41) is 23.0. The maximum Gasteiger partial charge on any atom is 0.318 e. The number of rotatable bonds is 10. The zero-order valence-electron chi connectivity index (χ0n) is 27.3. The van der Waals surface area contributed by atoms with Gasteiger partial charge in [0.1, 0.15) is 0 Å². The first-order chi connectivity index (χ1) is 22.1. The molecule has 0 aromatic heterocycles. The van der Waals surface area contributed by atoms with Gasteiger partial charge < -0.3 is 19.1 Å². The Morgan fingerprint density at radius 2 is 1.47 bits per heavy atom. The number of hydrogen-bond donors (Lipinski definition) is 0. The van der Waals surface area contributed by atoms with Crippen LogP contribution in [0, 0.1) is 31.1 Å². The fraction of sp³-hybridized carbons (Fsp3) is 0.471. The van der Waals surface area contributed by atoms with E-state index in [1.807, 2.05) is 0 Å². The van der Waals surface area contributed by atoms with E-state index in [0.717, 1.165) is 36.0 Å². The number of nitrogens with zero attached hydrogens (tertiary/aromatic N) is 3. The molecule has 2 aliphatic carbocycles. The molecule has 2 aromatic carbocycles. The normalized spacial score (nSPS) is 19.0. The minimum Gasteiger partial charge on any atom is -0.493 e. The van der Waals surface area contributed by atoms with Gasteiger partial charge in [0, 0.05) is 67.6 Å². The summed E-state index contributed by atoms with van der Waals surface area (Å²) >= 11 is 3.55. The lowest BCUT2D eigenvalue weighted by Gasteiger charge is -2.49. The number of nitro groups is 2. The van der Waals surface area contributed by atoms with Crippen LogP contribution in [0.1, 0.15) is 71.3 Å². The highest BCUT2D eigenvalue weighted by molar-refractivity contribution is 9.10. The molecule has 0 saturated carbocycles. The van der Waals surface area contributed by atoms with Gasteiger partial charge in [0.15, 0.2) is 23.1 Å². The second-order valence-electron chi connectivity index (χ2n) is 13.8. The van der Waals surface area contributed by atoms with Gasteiger partial charge in [0.05, 0.1) is 27.5 Å². The molecule has 0 fully saturated rings. The van der Waals surface area contributed by atoms with Gasteiger partial charge in [-0.25, -0.2) is 0 Å². The Morgan fingerprint density at radius 3 is 1.98 bits per heavy atom. The van der Waals surface area contributed by atoms with Gasteiger partial charge >= 0.3 is 5.69 Å². The van der Waals surface area contributed by atoms with Crippen LogP contribution in [-0.4, -0.2) is 53.7 Å². The quantitative estimate of drug-likeness (QED) is 0.136. The summed E-state index contributed by atoms with van der Waals surface area (Å²) in [6.45, 7) is 9.48. The van der Waals surface area contributed by atoms with Crippen molar-refractivity contribution in [3.05, 3.63) is 83.1 Å². The van der Waals surface area contributed by atoms with Crippen molar-refractivity contribution in [3.8, 4) is 17.2 Å². The molecule has 5 rings (SSSR count).